The quantitative estimate of drug-likeness (QED) is 0.448. The second kappa shape index (κ2) is 6.60. The van der Waals surface area contributed by atoms with Gasteiger partial charge in [-0.1, -0.05) is 23.8 Å². The van der Waals surface area contributed by atoms with E-state index in [4.69, 9.17) is 0 Å². The van der Waals surface area contributed by atoms with Crippen LogP contribution in [0.15, 0.2) is 23.8 Å². The van der Waals surface area contributed by atoms with Crippen LogP contribution in [0.2, 0.25) is 0 Å². The number of hydrogen-bond acceptors (Lipinski definition) is 0. The molecule has 10 heavy (non-hydrogen) atoms. The Morgan fingerprint density at radius 1 is 1.20 bits per heavy atom. The molecule has 1 aliphatic rings. The summed E-state index contributed by atoms with van der Waals surface area (Å²) in [5.74, 6) is 0. The molecule has 58 valence electrons. The van der Waals surface area contributed by atoms with Gasteiger partial charge in [-0.3, -0.25) is 0 Å². The molecule has 0 aromatic rings. The second-order valence-corrected chi connectivity index (χ2v) is 2.77. The van der Waals surface area contributed by atoms with Crippen LogP contribution in [-0.4, -0.2) is 0 Å². The lowest BCUT2D eigenvalue weighted by Crippen LogP contribution is -1.52. The monoisotopic (exact) mass is 138 g/mol. The van der Waals surface area contributed by atoms with Gasteiger partial charge < -0.3 is 0 Å². The summed E-state index contributed by atoms with van der Waals surface area (Å²) in [5.41, 5.74) is 1.38. The third kappa shape index (κ3) is 7.48. The molecule has 0 aromatic heterocycles. The molecule has 0 unspecified atom stereocenters. The molecule has 1 rings (SSSR count). The molecule has 0 saturated carbocycles. The van der Waals surface area contributed by atoms with Gasteiger partial charge in [0.15, 0.2) is 0 Å². The molecule has 0 nitrogen and oxygen atoms in total. The van der Waals surface area contributed by atoms with Crippen molar-refractivity contribution < 1.29 is 0 Å². The van der Waals surface area contributed by atoms with Gasteiger partial charge in [-0.15, -0.1) is 0 Å². The molecule has 0 amide bonds. The maximum atomic E-state index is 2.24. The fourth-order valence-electron chi connectivity index (χ4n) is 0.589. The molecule has 0 radical (unpaired) electrons. The zero-order valence-corrected chi connectivity index (χ0v) is 7.35. The van der Waals surface area contributed by atoms with Gasteiger partial charge in [-0.25, -0.2) is 0 Å². The van der Waals surface area contributed by atoms with Crippen LogP contribution < -0.4 is 0 Å². The highest BCUT2D eigenvalue weighted by molar-refractivity contribution is 4.89. The third-order valence-electron chi connectivity index (χ3n) is 1.49. The average molecular weight is 138 g/mol. The summed E-state index contributed by atoms with van der Waals surface area (Å²) < 4.78 is 0. The molecule has 0 heteroatoms. The fourth-order valence-corrected chi connectivity index (χ4v) is 0.589. The van der Waals surface area contributed by atoms with Crippen LogP contribution in [0.4, 0.5) is 0 Å². The van der Waals surface area contributed by atoms with Crippen molar-refractivity contribution in [1.29, 1.82) is 0 Å². The lowest BCUT2D eigenvalue weighted by Gasteiger charge is -1.74. The summed E-state index contributed by atoms with van der Waals surface area (Å²) >= 11 is 0. The standard InChI is InChI=1S/C5H8.C5H10/c1-2-4-5-3-1;1-4-5(2)3/h1-2H,3-5H2;4H,1-3H3. The predicted molar refractivity (Wildman–Crippen MR) is 48.1 cm³/mol. The van der Waals surface area contributed by atoms with E-state index in [1.807, 2.05) is 6.92 Å². The number of hydrogen-bond donors (Lipinski definition) is 0. The third-order valence-corrected chi connectivity index (χ3v) is 1.49. The van der Waals surface area contributed by atoms with Crippen molar-refractivity contribution >= 4 is 0 Å². The lowest BCUT2D eigenvalue weighted by atomic mass is 10.3. The normalized spacial score (nSPS) is 13.9. The molecule has 0 aromatic carbocycles. The second-order valence-electron chi connectivity index (χ2n) is 2.77. The number of allylic oxidation sites excluding steroid dienone is 4. The van der Waals surface area contributed by atoms with E-state index in [1.165, 1.54) is 24.8 Å². The first-order valence-corrected chi connectivity index (χ1v) is 4.02. The van der Waals surface area contributed by atoms with Gasteiger partial charge in [0.2, 0.25) is 0 Å². The van der Waals surface area contributed by atoms with Gasteiger partial charge in [0.25, 0.3) is 0 Å². The Hall–Kier alpha value is -0.520. The van der Waals surface area contributed by atoms with E-state index >= 15 is 0 Å². The Labute approximate surface area is 64.6 Å². The molecule has 0 N–H and O–H groups in total. The maximum Gasteiger partial charge on any atom is -0.0348 e. The van der Waals surface area contributed by atoms with Gasteiger partial charge in [0, 0.05) is 0 Å². The van der Waals surface area contributed by atoms with Gasteiger partial charge in [0.05, 0.1) is 0 Å². The Balaban J connectivity index is 0.000000162. The Kier molecular flexibility index (Phi) is 6.25. The molecule has 0 fully saturated rings. The topological polar surface area (TPSA) is 0 Å². The first-order valence-electron chi connectivity index (χ1n) is 4.02. The van der Waals surface area contributed by atoms with E-state index in [-0.39, 0.29) is 0 Å². The molecular formula is C10H18. The van der Waals surface area contributed by atoms with Crippen LogP contribution in [0.25, 0.3) is 0 Å². The first kappa shape index (κ1) is 9.48. The minimum atomic E-state index is 1.32. The fraction of sp³-hybridized carbons (Fsp3) is 0.600. The van der Waals surface area contributed by atoms with E-state index in [9.17, 15) is 0 Å². The van der Waals surface area contributed by atoms with Crippen LogP contribution in [0.1, 0.15) is 40.0 Å². The highest BCUT2D eigenvalue weighted by atomic mass is 13.9. The van der Waals surface area contributed by atoms with Gasteiger partial charge >= 0.3 is 0 Å². The molecular weight excluding hydrogens is 120 g/mol. The molecule has 0 bridgehead atoms. The molecule has 0 saturated heterocycles. The van der Waals surface area contributed by atoms with Crippen LogP contribution in [0.5, 0.6) is 0 Å². The zero-order valence-electron chi connectivity index (χ0n) is 7.35. The van der Waals surface area contributed by atoms with E-state index < -0.39 is 0 Å². The minimum absolute atomic E-state index is 1.32. The summed E-state index contributed by atoms with van der Waals surface area (Å²) in [7, 11) is 0. The van der Waals surface area contributed by atoms with Crippen LogP contribution >= 0.6 is 0 Å². The smallest absolute Gasteiger partial charge is 0.0348 e. The van der Waals surface area contributed by atoms with Crippen molar-refractivity contribution in [1.82, 2.24) is 0 Å². The summed E-state index contributed by atoms with van der Waals surface area (Å²) in [6.45, 7) is 6.20. The highest BCUT2D eigenvalue weighted by Crippen LogP contribution is 2.05. The van der Waals surface area contributed by atoms with Crippen LogP contribution in [-0.2, 0) is 0 Å². The summed E-state index contributed by atoms with van der Waals surface area (Å²) in [5, 5.41) is 0. The number of rotatable bonds is 0. The van der Waals surface area contributed by atoms with Gasteiger partial charge in [-0.05, 0) is 40.0 Å². The molecule has 0 spiro atoms. The van der Waals surface area contributed by atoms with Crippen molar-refractivity contribution in [2.45, 2.75) is 40.0 Å². The minimum Gasteiger partial charge on any atom is -0.0890 e. The van der Waals surface area contributed by atoms with Crippen molar-refractivity contribution in [3.05, 3.63) is 23.8 Å². The Bertz CT molecular complexity index is 108. The maximum absolute atomic E-state index is 2.24. The molecule has 1 aliphatic carbocycles. The average Bonchev–Trinajstić information content (AvgIpc) is 2.43. The highest BCUT2D eigenvalue weighted by Gasteiger charge is 1.84. The molecule has 0 aliphatic heterocycles. The van der Waals surface area contributed by atoms with Crippen LogP contribution in [0.3, 0.4) is 0 Å². The largest absolute Gasteiger partial charge is 0.0890 e. The summed E-state index contributed by atoms with van der Waals surface area (Å²) in [4.78, 5) is 0. The summed E-state index contributed by atoms with van der Waals surface area (Å²) in [6.07, 6.45) is 10.6. The lowest BCUT2D eigenvalue weighted by molar-refractivity contribution is 0.929. The predicted octanol–water partition coefficient (Wildman–Crippen LogP) is 3.70. The zero-order chi connectivity index (χ0) is 7.82. The Morgan fingerprint density at radius 3 is 1.70 bits per heavy atom. The van der Waals surface area contributed by atoms with E-state index in [0.717, 1.165) is 0 Å². The van der Waals surface area contributed by atoms with Crippen molar-refractivity contribution in [3.63, 3.8) is 0 Å². The van der Waals surface area contributed by atoms with E-state index in [0.29, 0.717) is 0 Å². The van der Waals surface area contributed by atoms with Gasteiger partial charge in [0.1, 0.15) is 0 Å². The first-order chi connectivity index (χ1) is 4.77. The van der Waals surface area contributed by atoms with Crippen LogP contribution in [0, 0.1) is 0 Å². The molecule has 0 atom stereocenters. The summed E-state index contributed by atoms with van der Waals surface area (Å²) in [6, 6.07) is 0. The van der Waals surface area contributed by atoms with Crippen molar-refractivity contribution in [2.24, 2.45) is 0 Å². The molecule has 0 heterocycles. The van der Waals surface area contributed by atoms with Crippen molar-refractivity contribution in [3.8, 4) is 0 Å². The van der Waals surface area contributed by atoms with Crippen molar-refractivity contribution in [2.75, 3.05) is 0 Å². The van der Waals surface area contributed by atoms with E-state index in [1.54, 1.807) is 0 Å². The SMILES string of the molecule is C1=CCCC1.CC=C(C)C. The van der Waals surface area contributed by atoms with Gasteiger partial charge in [-0.2, -0.15) is 0 Å². The van der Waals surface area contributed by atoms with E-state index in [2.05, 4.69) is 32.1 Å². The Morgan fingerprint density at radius 2 is 1.60 bits per heavy atom.